The van der Waals surface area contributed by atoms with E-state index in [-0.39, 0.29) is 17.7 Å². The predicted molar refractivity (Wildman–Crippen MR) is 95.7 cm³/mol. The molecular weight excluding hydrogens is 344 g/mol. The molecule has 0 aliphatic carbocycles. The number of hydrogen-bond acceptors (Lipinski definition) is 5. The number of hydrogen-bond donors (Lipinski definition) is 2. The molecule has 5 nitrogen and oxygen atoms in total. The Balaban J connectivity index is 1.86. The minimum absolute atomic E-state index is 0.0128. The molecule has 1 atom stereocenters. The van der Waals surface area contributed by atoms with E-state index in [1.54, 1.807) is 19.3 Å². The zero-order valence-electron chi connectivity index (χ0n) is 12.9. The van der Waals surface area contributed by atoms with Gasteiger partial charge in [0.25, 0.3) is 11.5 Å². The van der Waals surface area contributed by atoms with Gasteiger partial charge in [-0.2, -0.15) is 11.3 Å². The number of aliphatic hydroxyl groups is 1. The van der Waals surface area contributed by atoms with Crippen LogP contribution < -0.4 is 10.9 Å². The maximum Gasteiger partial charge on any atom is 0.263 e. The molecule has 0 saturated heterocycles. The molecule has 3 aromatic heterocycles. The quantitative estimate of drug-likeness (QED) is 0.733. The van der Waals surface area contributed by atoms with Gasteiger partial charge in [0.15, 0.2) is 0 Å². The first-order chi connectivity index (χ1) is 11.5. The normalized spacial score (nSPS) is 13.4. The fraction of sp³-hybridized carbons (Fsp3) is 0.176. The average molecular weight is 360 g/mol. The number of carbonyl (C=O) groups is 1. The van der Waals surface area contributed by atoms with Gasteiger partial charge in [0.05, 0.1) is 6.54 Å². The topological polar surface area (TPSA) is 71.3 Å². The van der Waals surface area contributed by atoms with Gasteiger partial charge in [0.1, 0.15) is 11.2 Å². The zero-order chi connectivity index (χ0) is 17.2. The number of carbonyl (C=O) groups excluding carboxylic acids is 1. The Morgan fingerprint density at radius 2 is 2.12 bits per heavy atom. The van der Waals surface area contributed by atoms with Crippen molar-refractivity contribution in [2.75, 3.05) is 6.54 Å². The molecule has 0 saturated carbocycles. The van der Waals surface area contributed by atoms with Gasteiger partial charge in [-0.05, 0) is 40.4 Å². The number of rotatable bonds is 5. The second kappa shape index (κ2) is 6.72. The van der Waals surface area contributed by atoms with E-state index in [2.05, 4.69) is 5.32 Å². The molecular formula is C17H16N2O3S2. The molecule has 0 spiro atoms. The Bertz CT molecular complexity index is 849. The first kappa shape index (κ1) is 16.6. The van der Waals surface area contributed by atoms with E-state index in [9.17, 15) is 14.7 Å². The molecule has 0 bridgehead atoms. The molecule has 3 heterocycles. The summed E-state index contributed by atoms with van der Waals surface area (Å²) in [6.45, 7) is -0.0128. The Labute approximate surface area is 146 Å². The second-order valence-electron chi connectivity index (χ2n) is 5.37. The van der Waals surface area contributed by atoms with Crippen LogP contribution in [-0.2, 0) is 12.6 Å². The number of amides is 1. The number of aromatic nitrogens is 1. The van der Waals surface area contributed by atoms with E-state index >= 15 is 0 Å². The molecule has 24 heavy (non-hydrogen) atoms. The van der Waals surface area contributed by atoms with E-state index in [1.165, 1.54) is 33.3 Å². The van der Waals surface area contributed by atoms with Crippen molar-refractivity contribution in [2.45, 2.75) is 5.60 Å². The highest BCUT2D eigenvalue weighted by atomic mass is 32.1. The minimum Gasteiger partial charge on any atom is -0.378 e. The van der Waals surface area contributed by atoms with Gasteiger partial charge >= 0.3 is 0 Å². The van der Waals surface area contributed by atoms with Crippen molar-refractivity contribution in [2.24, 2.45) is 7.05 Å². The van der Waals surface area contributed by atoms with Crippen molar-refractivity contribution in [1.29, 1.82) is 0 Å². The molecule has 0 fully saturated rings. The lowest BCUT2D eigenvalue weighted by atomic mass is 9.94. The maximum absolute atomic E-state index is 12.4. The molecule has 124 valence electrons. The van der Waals surface area contributed by atoms with Crippen molar-refractivity contribution < 1.29 is 9.90 Å². The van der Waals surface area contributed by atoms with Crippen molar-refractivity contribution >= 4 is 28.6 Å². The number of pyridine rings is 1. The molecule has 0 aliphatic rings. The molecule has 2 N–H and O–H groups in total. The minimum atomic E-state index is -1.32. The largest absolute Gasteiger partial charge is 0.378 e. The van der Waals surface area contributed by atoms with Crippen molar-refractivity contribution in [3.63, 3.8) is 0 Å². The van der Waals surface area contributed by atoms with Gasteiger partial charge < -0.3 is 15.0 Å². The zero-order valence-corrected chi connectivity index (χ0v) is 14.6. The van der Waals surface area contributed by atoms with Crippen LogP contribution in [-0.4, -0.2) is 22.1 Å². The van der Waals surface area contributed by atoms with Gasteiger partial charge in [-0.1, -0.05) is 6.07 Å². The summed E-state index contributed by atoms with van der Waals surface area (Å²) in [5.41, 5.74) is -0.913. The Kier molecular flexibility index (Phi) is 4.66. The molecule has 3 aromatic rings. The summed E-state index contributed by atoms with van der Waals surface area (Å²) in [6.07, 6.45) is 1.59. The van der Waals surface area contributed by atoms with Crippen LogP contribution in [0.3, 0.4) is 0 Å². The SMILES string of the molecule is Cn1cccc(C(=O)NC[C@](O)(c2ccsc2)c2cccs2)c1=O. The van der Waals surface area contributed by atoms with E-state index < -0.39 is 11.5 Å². The van der Waals surface area contributed by atoms with Crippen LogP contribution in [0.4, 0.5) is 0 Å². The summed E-state index contributed by atoms with van der Waals surface area (Å²) in [5, 5.41) is 19.5. The van der Waals surface area contributed by atoms with E-state index in [1.807, 2.05) is 34.3 Å². The van der Waals surface area contributed by atoms with Crippen LogP contribution in [0.2, 0.25) is 0 Å². The lowest BCUT2D eigenvalue weighted by molar-refractivity contribution is 0.0720. The molecule has 0 unspecified atom stereocenters. The molecule has 0 aliphatic heterocycles. The summed E-state index contributed by atoms with van der Waals surface area (Å²) in [5.74, 6) is -0.499. The van der Waals surface area contributed by atoms with E-state index in [0.717, 1.165) is 10.4 Å². The smallest absolute Gasteiger partial charge is 0.263 e. The summed E-state index contributed by atoms with van der Waals surface area (Å²) < 4.78 is 1.35. The lowest BCUT2D eigenvalue weighted by Gasteiger charge is -2.27. The summed E-state index contributed by atoms with van der Waals surface area (Å²) in [7, 11) is 1.59. The van der Waals surface area contributed by atoms with Gasteiger partial charge in [0, 0.05) is 23.7 Å². The standard InChI is InChI=1S/C17H16N2O3S2/c1-19-7-2-4-13(16(19)21)15(20)18-11-17(22,12-6-9-23-10-12)14-5-3-8-24-14/h2-10,22H,11H2,1H3,(H,18,20)/t17-/m0/s1. The van der Waals surface area contributed by atoms with Gasteiger partial charge in [-0.15, -0.1) is 11.3 Å². The number of aryl methyl sites for hydroxylation is 1. The van der Waals surface area contributed by atoms with E-state index in [4.69, 9.17) is 0 Å². The summed E-state index contributed by atoms with van der Waals surface area (Å²) >= 11 is 2.90. The third-order valence-electron chi connectivity index (χ3n) is 3.80. The average Bonchev–Trinajstić information content (AvgIpc) is 3.28. The fourth-order valence-electron chi connectivity index (χ4n) is 2.42. The predicted octanol–water partition coefficient (Wildman–Crippen LogP) is 2.17. The van der Waals surface area contributed by atoms with Gasteiger partial charge in [0.2, 0.25) is 0 Å². The summed E-state index contributed by atoms with van der Waals surface area (Å²) in [4.78, 5) is 25.1. The maximum atomic E-state index is 12.4. The van der Waals surface area contributed by atoms with E-state index in [0.29, 0.717) is 0 Å². The van der Waals surface area contributed by atoms with Crippen LogP contribution in [0.15, 0.2) is 57.5 Å². The fourth-order valence-corrected chi connectivity index (χ4v) is 3.99. The Hall–Kier alpha value is -2.22. The van der Waals surface area contributed by atoms with Crippen LogP contribution in [0, 0.1) is 0 Å². The Morgan fingerprint density at radius 3 is 2.79 bits per heavy atom. The monoisotopic (exact) mass is 360 g/mol. The first-order valence-corrected chi connectivity index (χ1v) is 9.07. The van der Waals surface area contributed by atoms with Crippen LogP contribution in [0.5, 0.6) is 0 Å². The highest BCUT2D eigenvalue weighted by molar-refractivity contribution is 7.10. The van der Waals surface area contributed by atoms with Crippen molar-refractivity contribution in [1.82, 2.24) is 9.88 Å². The molecule has 1 amide bonds. The third-order valence-corrected chi connectivity index (χ3v) is 5.50. The number of nitrogens with zero attached hydrogens (tertiary/aromatic N) is 1. The highest BCUT2D eigenvalue weighted by Gasteiger charge is 2.33. The molecule has 7 heteroatoms. The second-order valence-corrected chi connectivity index (χ2v) is 7.10. The van der Waals surface area contributed by atoms with Crippen LogP contribution >= 0.6 is 22.7 Å². The molecule has 3 rings (SSSR count). The number of thiophene rings is 2. The third kappa shape index (κ3) is 3.06. The van der Waals surface area contributed by atoms with Gasteiger partial charge in [-0.3, -0.25) is 9.59 Å². The number of nitrogens with one attached hydrogen (secondary N) is 1. The molecule has 0 aromatic carbocycles. The Morgan fingerprint density at radius 1 is 1.29 bits per heavy atom. The molecule has 0 radical (unpaired) electrons. The van der Waals surface area contributed by atoms with Crippen LogP contribution in [0.1, 0.15) is 20.8 Å². The van der Waals surface area contributed by atoms with Crippen molar-refractivity contribution in [3.05, 3.63) is 79.0 Å². The van der Waals surface area contributed by atoms with Gasteiger partial charge in [-0.25, -0.2) is 0 Å². The lowest BCUT2D eigenvalue weighted by Crippen LogP contribution is -2.42. The highest BCUT2D eigenvalue weighted by Crippen LogP contribution is 2.33. The first-order valence-electron chi connectivity index (χ1n) is 7.25. The summed E-state index contributed by atoms with van der Waals surface area (Å²) in [6, 6.07) is 8.63. The van der Waals surface area contributed by atoms with Crippen LogP contribution in [0.25, 0.3) is 0 Å². The van der Waals surface area contributed by atoms with Crippen molar-refractivity contribution in [3.8, 4) is 0 Å².